The molecule has 0 aliphatic carbocycles. The van der Waals surface area contributed by atoms with Crippen LogP contribution in [0.4, 0.5) is 4.39 Å². The molecule has 0 aliphatic rings. The van der Waals surface area contributed by atoms with Crippen LogP contribution in [0, 0.1) is 5.82 Å². The molecule has 1 aromatic heterocycles. The smallest absolute Gasteiger partial charge is 0.213 e. The molecule has 4 nitrogen and oxygen atoms in total. The van der Waals surface area contributed by atoms with Crippen molar-refractivity contribution in [3.63, 3.8) is 0 Å². The van der Waals surface area contributed by atoms with Crippen molar-refractivity contribution in [2.45, 2.75) is 0 Å². The SMILES string of the molecule is COc1ccc2c(-c3ccc(F)cc3)noc2c1OC. The minimum Gasteiger partial charge on any atom is -0.493 e. The first kappa shape index (κ1) is 12.5. The fraction of sp³-hybridized carbons (Fsp3) is 0.133. The molecule has 0 unspecified atom stereocenters. The first-order valence-corrected chi connectivity index (χ1v) is 6.01. The standard InChI is InChI=1S/C15H12FNO3/c1-18-12-8-7-11-13(9-3-5-10(16)6-4-9)17-20-14(11)15(12)19-2/h3-8H,1-2H3. The summed E-state index contributed by atoms with van der Waals surface area (Å²) in [6.45, 7) is 0. The zero-order valence-corrected chi connectivity index (χ0v) is 11.0. The summed E-state index contributed by atoms with van der Waals surface area (Å²) in [6, 6.07) is 9.71. The van der Waals surface area contributed by atoms with E-state index in [0.29, 0.717) is 22.8 Å². The number of ether oxygens (including phenoxy) is 2. The molecule has 0 fully saturated rings. The zero-order valence-electron chi connectivity index (χ0n) is 11.0. The molecule has 0 saturated carbocycles. The van der Waals surface area contributed by atoms with Gasteiger partial charge in [0.05, 0.1) is 19.6 Å². The van der Waals surface area contributed by atoms with E-state index in [2.05, 4.69) is 5.16 Å². The van der Waals surface area contributed by atoms with Crippen LogP contribution in [-0.2, 0) is 0 Å². The van der Waals surface area contributed by atoms with E-state index in [-0.39, 0.29) is 5.82 Å². The van der Waals surface area contributed by atoms with Gasteiger partial charge in [-0.2, -0.15) is 0 Å². The van der Waals surface area contributed by atoms with Crippen molar-refractivity contribution in [3.05, 3.63) is 42.2 Å². The summed E-state index contributed by atoms with van der Waals surface area (Å²) in [7, 11) is 3.10. The van der Waals surface area contributed by atoms with E-state index in [1.807, 2.05) is 6.07 Å². The van der Waals surface area contributed by atoms with Crippen molar-refractivity contribution < 1.29 is 18.4 Å². The van der Waals surface area contributed by atoms with E-state index in [0.717, 1.165) is 10.9 Å². The van der Waals surface area contributed by atoms with Gasteiger partial charge >= 0.3 is 0 Å². The first-order chi connectivity index (χ1) is 9.74. The maximum absolute atomic E-state index is 13.0. The summed E-state index contributed by atoms with van der Waals surface area (Å²) in [5.74, 6) is 0.772. The lowest BCUT2D eigenvalue weighted by Gasteiger charge is -2.06. The Kier molecular flexibility index (Phi) is 3.02. The third-order valence-corrected chi connectivity index (χ3v) is 3.10. The van der Waals surface area contributed by atoms with Gasteiger partial charge in [-0.15, -0.1) is 0 Å². The number of methoxy groups -OCH3 is 2. The van der Waals surface area contributed by atoms with Crippen LogP contribution < -0.4 is 9.47 Å². The molecule has 0 saturated heterocycles. The Morgan fingerprint density at radius 2 is 1.75 bits per heavy atom. The van der Waals surface area contributed by atoms with E-state index < -0.39 is 0 Å². The summed E-state index contributed by atoms with van der Waals surface area (Å²) in [5, 5.41) is 4.83. The monoisotopic (exact) mass is 273 g/mol. The first-order valence-electron chi connectivity index (χ1n) is 6.01. The van der Waals surface area contributed by atoms with Crippen LogP contribution in [0.3, 0.4) is 0 Å². The van der Waals surface area contributed by atoms with Gasteiger partial charge in [0.2, 0.25) is 11.3 Å². The van der Waals surface area contributed by atoms with Gasteiger partial charge in [0.1, 0.15) is 11.5 Å². The highest BCUT2D eigenvalue weighted by molar-refractivity contribution is 5.96. The van der Waals surface area contributed by atoms with Gasteiger partial charge in [-0.1, -0.05) is 5.16 Å². The van der Waals surface area contributed by atoms with Gasteiger partial charge in [0.15, 0.2) is 5.75 Å². The number of hydrogen-bond acceptors (Lipinski definition) is 4. The van der Waals surface area contributed by atoms with Gasteiger partial charge in [-0.05, 0) is 36.4 Å². The van der Waals surface area contributed by atoms with E-state index >= 15 is 0 Å². The summed E-state index contributed by atoms with van der Waals surface area (Å²) >= 11 is 0. The fourth-order valence-corrected chi connectivity index (χ4v) is 2.13. The number of benzene rings is 2. The molecule has 0 atom stereocenters. The van der Waals surface area contributed by atoms with E-state index in [1.165, 1.54) is 19.2 Å². The molecule has 0 aliphatic heterocycles. The maximum Gasteiger partial charge on any atom is 0.213 e. The molecule has 5 heteroatoms. The molecule has 0 amide bonds. The van der Waals surface area contributed by atoms with Crippen LogP contribution in [0.5, 0.6) is 11.5 Å². The second kappa shape index (κ2) is 4.85. The summed E-state index contributed by atoms with van der Waals surface area (Å²) in [4.78, 5) is 0. The van der Waals surface area contributed by atoms with Crippen LogP contribution in [0.2, 0.25) is 0 Å². The molecule has 102 valence electrons. The lowest BCUT2D eigenvalue weighted by atomic mass is 10.1. The molecular formula is C15H12FNO3. The third kappa shape index (κ3) is 1.87. The Balaban J connectivity index is 2.21. The molecular weight excluding hydrogens is 261 g/mol. The largest absolute Gasteiger partial charge is 0.493 e. The molecule has 0 N–H and O–H groups in total. The lowest BCUT2D eigenvalue weighted by molar-refractivity contribution is 0.348. The van der Waals surface area contributed by atoms with Crippen LogP contribution in [-0.4, -0.2) is 19.4 Å². The fourth-order valence-electron chi connectivity index (χ4n) is 2.13. The Morgan fingerprint density at radius 3 is 2.40 bits per heavy atom. The number of hydrogen-bond donors (Lipinski definition) is 0. The predicted molar refractivity (Wildman–Crippen MR) is 72.5 cm³/mol. The minimum atomic E-state index is -0.291. The highest BCUT2D eigenvalue weighted by atomic mass is 19.1. The highest BCUT2D eigenvalue weighted by Crippen LogP contribution is 2.39. The highest BCUT2D eigenvalue weighted by Gasteiger charge is 2.17. The van der Waals surface area contributed by atoms with E-state index in [9.17, 15) is 4.39 Å². The minimum absolute atomic E-state index is 0.291. The van der Waals surface area contributed by atoms with Crippen molar-refractivity contribution in [2.75, 3.05) is 14.2 Å². The summed E-state index contributed by atoms with van der Waals surface area (Å²) < 4.78 is 28.8. The van der Waals surface area contributed by atoms with E-state index in [4.69, 9.17) is 14.0 Å². The number of halogens is 1. The Labute approximate surface area is 114 Å². The molecule has 20 heavy (non-hydrogen) atoms. The maximum atomic E-state index is 13.0. The van der Waals surface area contributed by atoms with Gasteiger partial charge in [0, 0.05) is 5.56 Å². The molecule has 0 bridgehead atoms. The molecule has 3 rings (SSSR count). The average molecular weight is 273 g/mol. The van der Waals surface area contributed by atoms with E-state index in [1.54, 1.807) is 25.3 Å². The van der Waals surface area contributed by atoms with Crippen molar-refractivity contribution in [1.29, 1.82) is 0 Å². The summed E-state index contributed by atoms with van der Waals surface area (Å²) in [6.07, 6.45) is 0. The molecule has 0 spiro atoms. The van der Waals surface area contributed by atoms with Crippen molar-refractivity contribution >= 4 is 11.0 Å². The normalized spacial score (nSPS) is 10.8. The van der Waals surface area contributed by atoms with Gasteiger partial charge in [-0.25, -0.2) is 4.39 Å². The van der Waals surface area contributed by atoms with Crippen LogP contribution in [0.1, 0.15) is 0 Å². The van der Waals surface area contributed by atoms with Crippen molar-refractivity contribution in [1.82, 2.24) is 5.16 Å². The molecule has 1 heterocycles. The van der Waals surface area contributed by atoms with Gasteiger partial charge in [-0.3, -0.25) is 0 Å². The second-order valence-corrected chi connectivity index (χ2v) is 4.22. The molecule has 3 aromatic rings. The number of aromatic nitrogens is 1. The lowest BCUT2D eigenvalue weighted by Crippen LogP contribution is -1.90. The van der Waals surface area contributed by atoms with Gasteiger partial charge in [0.25, 0.3) is 0 Å². The second-order valence-electron chi connectivity index (χ2n) is 4.22. The van der Waals surface area contributed by atoms with Crippen LogP contribution in [0.15, 0.2) is 40.9 Å². The Hall–Kier alpha value is -2.56. The third-order valence-electron chi connectivity index (χ3n) is 3.10. The zero-order chi connectivity index (χ0) is 14.1. The average Bonchev–Trinajstić information content (AvgIpc) is 2.91. The summed E-state index contributed by atoms with van der Waals surface area (Å²) in [5.41, 5.74) is 1.92. The van der Waals surface area contributed by atoms with Gasteiger partial charge < -0.3 is 14.0 Å². The number of rotatable bonds is 3. The molecule has 0 radical (unpaired) electrons. The van der Waals surface area contributed by atoms with Crippen LogP contribution >= 0.6 is 0 Å². The quantitative estimate of drug-likeness (QED) is 0.730. The topological polar surface area (TPSA) is 44.5 Å². The van der Waals surface area contributed by atoms with Crippen molar-refractivity contribution in [2.24, 2.45) is 0 Å². The molecule has 2 aromatic carbocycles. The van der Waals surface area contributed by atoms with Crippen molar-refractivity contribution in [3.8, 4) is 22.8 Å². The van der Waals surface area contributed by atoms with Crippen LogP contribution in [0.25, 0.3) is 22.2 Å². The number of nitrogens with zero attached hydrogens (tertiary/aromatic N) is 1. The predicted octanol–water partition coefficient (Wildman–Crippen LogP) is 3.65. The number of fused-ring (bicyclic) bond motifs is 1. The Bertz CT molecular complexity index is 750. The Morgan fingerprint density at radius 1 is 1.00 bits per heavy atom.